The second-order valence-electron chi connectivity index (χ2n) is 7.61. The number of hydrogen-bond donors (Lipinski definition) is 1. The zero-order chi connectivity index (χ0) is 19.4. The van der Waals surface area contributed by atoms with Gasteiger partial charge in [-0.1, -0.05) is 31.5 Å². The van der Waals surface area contributed by atoms with E-state index in [1.165, 1.54) is 12.5 Å². The molecule has 2 aliphatic rings. The predicted octanol–water partition coefficient (Wildman–Crippen LogP) is 4.58. The highest BCUT2D eigenvalue weighted by molar-refractivity contribution is 14.0. The number of likely N-dealkylation sites (tertiary alicyclic amines) is 1. The van der Waals surface area contributed by atoms with Gasteiger partial charge in [0.2, 0.25) is 0 Å². The molecule has 1 saturated carbocycles. The summed E-state index contributed by atoms with van der Waals surface area (Å²) in [7, 11) is 0. The summed E-state index contributed by atoms with van der Waals surface area (Å²) in [5.74, 6) is 1.59. The molecule has 0 amide bonds. The van der Waals surface area contributed by atoms with Crippen LogP contribution in [0.25, 0.3) is 0 Å². The van der Waals surface area contributed by atoms with Crippen LogP contribution in [0.1, 0.15) is 45.1 Å². The summed E-state index contributed by atoms with van der Waals surface area (Å²) in [5, 5.41) is 4.10. The minimum absolute atomic E-state index is 0. The average Bonchev–Trinajstić information content (AvgIpc) is 3.23. The maximum absolute atomic E-state index is 14.2. The molecule has 0 spiro atoms. The highest BCUT2D eigenvalue weighted by Crippen LogP contribution is 2.45. The van der Waals surface area contributed by atoms with Gasteiger partial charge in [0, 0.05) is 48.7 Å². The van der Waals surface area contributed by atoms with Crippen molar-refractivity contribution in [3.63, 3.8) is 0 Å². The van der Waals surface area contributed by atoms with Crippen molar-refractivity contribution in [1.82, 2.24) is 15.1 Å². The standard InChI is InChI=1S/C21H32ClFN4.HI/c1-4-24-21(27-11-10-15(14-27)13-26(5-2)6-3)25-19-12-16(19)20-17(22)8-7-9-18(20)23;/h7-9,15-16,19H,4-6,10-14H2,1-3H3,(H,24,25);1H. The van der Waals surface area contributed by atoms with Crippen LogP contribution in [0, 0.1) is 11.7 Å². The Morgan fingerprint density at radius 3 is 2.71 bits per heavy atom. The monoisotopic (exact) mass is 522 g/mol. The lowest BCUT2D eigenvalue weighted by atomic mass is 10.1. The Labute approximate surface area is 190 Å². The summed E-state index contributed by atoms with van der Waals surface area (Å²) in [6.07, 6.45) is 2.11. The summed E-state index contributed by atoms with van der Waals surface area (Å²) in [6.45, 7) is 12.7. The van der Waals surface area contributed by atoms with E-state index in [-0.39, 0.29) is 41.8 Å². The summed E-state index contributed by atoms with van der Waals surface area (Å²) in [6, 6.07) is 5.15. The van der Waals surface area contributed by atoms with Gasteiger partial charge in [-0.25, -0.2) is 4.39 Å². The van der Waals surface area contributed by atoms with E-state index in [9.17, 15) is 4.39 Å². The lowest BCUT2D eigenvalue weighted by Crippen LogP contribution is -2.42. The zero-order valence-electron chi connectivity index (χ0n) is 17.1. The summed E-state index contributed by atoms with van der Waals surface area (Å²) < 4.78 is 14.2. The van der Waals surface area contributed by atoms with Crippen molar-refractivity contribution in [1.29, 1.82) is 0 Å². The number of rotatable bonds is 7. The van der Waals surface area contributed by atoms with Crippen LogP contribution in [0.5, 0.6) is 0 Å². The fraction of sp³-hybridized carbons (Fsp3) is 0.667. The molecule has 4 nitrogen and oxygen atoms in total. The van der Waals surface area contributed by atoms with E-state index in [4.69, 9.17) is 16.6 Å². The van der Waals surface area contributed by atoms with Crippen molar-refractivity contribution in [2.75, 3.05) is 39.3 Å². The van der Waals surface area contributed by atoms with E-state index in [1.807, 2.05) is 0 Å². The second-order valence-corrected chi connectivity index (χ2v) is 8.02. The molecule has 3 rings (SSSR count). The fourth-order valence-electron chi connectivity index (χ4n) is 4.11. The van der Waals surface area contributed by atoms with Crippen LogP contribution < -0.4 is 5.32 Å². The van der Waals surface area contributed by atoms with Gasteiger partial charge < -0.3 is 15.1 Å². The van der Waals surface area contributed by atoms with Gasteiger partial charge >= 0.3 is 0 Å². The van der Waals surface area contributed by atoms with Crippen LogP contribution in [0.15, 0.2) is 23.2 Å². The van der Waals surface area contributed by atoms with Gasteiger partial charge in [0.05, 0.1) is 0 Å². The van der Waals surface area contributed by atoms with Gasteiger partial charge in [0.25, 0.3) is 0 Å². The van der Waals surface area contributed by atoms with Crippen molar-refractivity contribution < 1.29 is 4.39 Å². The van der Waals surface area contributed by atoms with Crippen molar-refractivity contribution >= 4 is 41.5 Å². The summed E-state index contributed by atoms with van der Waals surface area (Å²) in [4.78, 5) is 9.57. The number of hydrogen-bond acceptors (Lipinski definition) is 2. The third-order valence-corrected chi connectivity index (χ3v) is 6.11. The molecule has 2 fully saturated rings. The molecule has 1 saturated heterocycles. The Balaban J connectivity index is 0.00000280. The van der Waals surface area contributed by atoms with Gasteiger partial charge in [0.15, 0.2) is 5.96 Å². The first-order valence-electron chi connectivity index (χ1n) is 10.3. The molecule has 3 atom stereocenters. The van der Waals surface area contributed by atoms with Crippen LogP contribution in [0.3, 0.4) is 0 Å². The van der Waals surface area contributed by atoms with Crippen LogP contribution in [-0.2, 0) is 0 Å². The van der Waals surface area contributed by atoms with Gasteiger partial charge in [-0.05, 0) is 50.9 Å². The SMILES string of the molecule is CCN=C(NC1CC1c1c(F)cccc1Cl)N1CCC(CN(CC)CC)C1.I. The molecule has 0 bridgehead atoms. The molecule has 1 heterocycles. The van der Waals surface area contributed by atoms with E-state index >= 15 is 0 Å². The molecule has 1 N–H and O–H groups in total. The molecule has 1 aliphatic heterocycles. The summed E-state index contributed by atoms with van der Waals surface area (Å²) >= 11 is 6.24. The van der Waals surface area contributed by atoms with Gasteiger partial charge in [-0.3, -0.25) is 4.99 Å². The number of nitrogens with one attached hydrogen (secondary N) is 1. The number of halogens is 3. The predicted molar refractivity (Wildman–Crippen MR) is 127 cm³/mol. The maximum Gasteiger partial charge on any atom is 0.194 e. The van der Waals surface area contributed by atoms with Crippen LogP contribution in [0.4, 0.5) is 4.39 Å². The highest BCUT2D eigenvalue weighted by atomic mass is 127. The Bertz CT molecular complexity index is 648. The zero-order valence-corrected chi connectivity index (χ0v) is 20.2. The van der Waals surface area contributed by atoms with E-state index in [0.29, 0.717) is 16.5 Å². The molecular weight excluding hydrogens is 490 g/mol. The molecule has 158 valence electrons. The van der Waals surface area contributed by atoms with E-state index in [0.717, 1.165) is 51.6 Å². The lowest BCUT2D eigenvalue weighted by Gasteiger charge is -2.25. The van der Waals surface area contributed by atoms with Gasteiger partial charge in [-0.2, -0.15) is 0 Å². The van der Waals surface area contributed by atoms with E-state index in [2.05, 4.69) is 35.9 Å². The third-order valence-electron chi connectivity index (χ3n) is 5.78. The van der Waals surface area contributed by atoms with Crippen LogP contribution >= 0.6 is 35.6 Å². The largest absolute Gasteiger partial charge is 0.353 e. The Hall–Kier alpha value is -0.600. The van der Waals surface area contributed by atoms with Crippen molar-refractivity contribution in [2.45, 2.75) is 45.6 Å². The quantitative estimate of drug-likeness (QED) is 0.323. The minimum atomic E-state index is -0.203. The first-order chi connectivity index (χ1) is 13.1. The molecular formula is C21H33ClFIN4. The van der Waals surface area contributed by atoms with Gasteiger partial charge in [0.1, 0.15) is 5.82 Å². The number of nitrogens with zero attached hydrogens (tertiary/aromatic N) is 3. The maximum atomic E-state index is 14.2. The molecule has 0 aromatic heterocycles. The number of benzene rings is 1. The third kappa shape index (κ3) is 5.72. The number of guanidine groups is 1. The number of aliphatic imine (C=N–C) groups is 1. The Morgan fingerprint density at radius 1 is 1.32 bits per heavy atom. The van der Waals surface area contributed by atoms with Crippen molar-refractivity contribution in [2.24, 2.45) is 10.9 Å². The molecule has 0 radical (unpaired) electrons. The summed E-state index contributed by atoms with van der Waals surface area (Å²) in [5.41, 5.74) is 0.647. The lowest BCUT2D eigenvalue weighted by molar-refractivity contribution is 0.255. The highest BCUT2D eigenvalue weighted by Gasteiger charge is 2.42. The van der Waals surface area contributed by atoms with Crippen LogP contribution in [0.2, 0.25) is 5.02 Å². The topological polar surface area (TPSA) is 30.9 Å². The molecule has 3 unspecified atom stereocenters. The first kappa shape index (κ1) is 23.7. The van der Waals surface area contributed by atoms with E-state index < -0.39 is 0 Å². The van der Waals surface area contributed by atoms with Gasteiger partial charge in [-0.15, -0.1) is 24.0 Å². The Kier molecular flexibility index (Phi) is 9.28. The second kappa shape index (κ2) is 11.0. The van der Waals surface area contributed by atoms with Crippen LogP contribution in [-0.4, -0.2) is 61.1 Å². The fourth-order valence-corrected chi connectivity index (χ4v) is 4.42. The Morgan fingerprint density at radius 2 is 2.07 bits per heavy atom. The molecule has 1 aromatic carbocycles. The average molecular weight is 523 g/mol. The van der Waals surface area contributed by atoms with E-state index in [1.54, 1.807) is 12.1 Å². The molecule has 1 aromatic rings. The smallest absolute Gasteiger partial charge is 0.194 e. The van der Waals surface area contributed by atoms with Crippen molar-refractivity contribution in [3.05, 3.63) is 34.6 Å². The minimum Gasteiger partial charge on any atom is -0.353 e. The van der Waals surface area contributed by atoms with Crippen molar-refractivity contribution in [3.8, 4) is 0 Å². The molecule has 1 aliphatic carbocycles. The normalized spacial score (nSPS) is 24.4. The molecule has 7 heteroatoms. The molecule has 28 heavy (non-hydrogen) atoms. The first-order valence-corrected chi connectivity index (χ1v) is 10.7.